The fraction of sp³-hybridized carbons (Fsp3) is 0.333. The summed E-state index contributed by atoms with van der Waals surface area (Å²) in [6.07, 6.45) is -2.59. The predicted octanol–water partition coefficient (Wildman–Crippen LogP) is 0.593. The molecule has 1 aromatic carbocycles. The summed E-state index contributed by atoms with van der Waals surface area (Å²) in [5, 5.41) is 46.8. The van der Waals surface area contributed by atoms with Crippen molar-refractivity contribution in [2.24, 2.45) is 0 Å². The van der Waals surface area contributed by atoms with E-state index in [2.05, 4.69) is 15.9 Å². The molecular formula is C9H11BrO5. The molecule has 6 heteroatoms. The van der Waals surface area contributed by atoms with Crippen molar-refractivity contribution >= 4 is 15.9 Å². The van der Waals surface area contributed by atoms with Crippen LogP contribution in [0.25, 0.3) is 0 Å². The van der Waals surface area contributed by atoms with E-state index in [1.54, 1.807) is 0 Å². The zero-order chi connectivity index (χ0) is 11.6. The Morgan fingerprint density at radius 3 is 1.93 bits per heavy atom. The van der Waals surface area contributed by atoms with Crippen molar-refractivity contribution in [1.82, 2.24) is 0 Å². The van der Waals surface area contributed by atoms with E-state index in [-0.39, 0.29) is 16.6 Å². The molecule has 0 radical (unpaired) electrons. The van der Waals surface area contributed by atoms with E-state index in [0.717, 1.165) is 12.1 Å². The van der Waals surface area contributed by atoms with Crippen molar-refractivity contribution in [3.05, 3.63) is 17.7 Å². The van der Waals surface area contributed by atoms with Gasteiger partial charge in [-0.05, 0) is 0 Å². The Hall–Kier alpha value is -0.980. The third kappa shape index (κ3) is 2.53. The van der Waals surface area contributed by atoms with Crippen LogP contribution in [0.2, 0.25) is 0 Å². The molecule has 1 rings (SSSR count). The van der Waals surface area contributed by atoms with Crippen molar-refractivity contribution in [3.8, 4) is 17.2 Å². The number of hydrogen-bond donors (Lipinski definition) is 5. The van der Waals surface area contributed by atoms with Gasteiger partial charge in [0.05, 0.1) is 11.7 Å². The van der Waals surface area contributed by atoms with E-state index >= 15 is 0 Å². The molecule has 0 aliphatic heterocycles. The molecule has 0 saturated carbocycles. The Kier molecular flexibility index (Phi) is 3.78. The van der Waals surface area contributed by atoms with Gasteiger partial charge in [-0.2, -0.15) is 0 Å². The van der Waals surface area contributed by atoms with Crippen LogP contribution in [0.4, 0.5) is 0 Å². The molecule has 0 aromatic heterocycles. The summed E-state index contributed by atoms with van der Waals surface area (Å²) in [4.78, 5) is 0. The Labute approximate surface area is 94.4 Å². The first-order valence-corrected chi connectivity index (χ1v) is 5.26. The van der Waals surface area contributed by atoms with Gasteiger partial charge in [-0.1, -0.05) is 15.9 Å². The van der Waals surface area contributed by atoms with E-state index in [1.165, 1.54) is 0 Å². The number of halogens is 1. The smallest absolute Gasteiger partial charge is 0.128 e. The van der Waals surface area contributed by atoms with E-state index in [0.29, 0.717) is 0 Å². The van der Waals surface area contributed by atoms with Gasteiger partial charge in [0, 0.05) is 17.5 Å². The molecule has 0 aliphatic rings. The first-order chi connectivity index (χ1) is 6.97. The standard InChI is InChI=1S/C9H11BrO5/c10-3-7(14)9(15)8-5(12)1-4(11)2-6(8)13/h1-2,7,9,11-15H,3H2. The lowest BCUT2D eigenvalue weighted by molar-refractivity contribution is 0.0312. The highest BCUT2D eigenvalue weighted by molar-refractivity contribution is 9.09. The second-order valence-corrected chi connectivity index (χ2v) is 3.71. The molecule has 2 atom stereocenters. The molecule has 0 spiro atoms. The minimum atomic E-state index is -1.43. The summed E-state index contributed by atoms with van der Waals surface area (Å²) >= 11 is 2.95. The molecular weight excluding hydrogens is 268 g/mol. The molecule has 0 amide bonds. The molecule has 0 bridgehead atoms. The van der Waals surface area contributed by atoms with Gasteiger partial charge >= 0.3 is 0 Å². The molecule has 0 saturated heterocycles. The van der Waals surface area contributed by atoms with Crippen LogP contribution in [0.5, 0.6) is 17.2 Å². The fourth-order valence-electron chi connectivity index (χ4n) is 1.19. The van der Waals surface area contributed by atoms with Crippen LogP contribution in [0, 0.1) is 0 Å². The number of rotatable bonds is 3. The van der Waals surface area contributed by atoms with Gasteiger partial charge in [0.15, 0.2) is 0 Å². The van der Waals surface area contributed by atoms with E-state index in [1.807, 2.05) is 0 Å². The topological polar surface area (TPSA) is 101 Å². The number of aromatic hydroxyl groups is 3. The van der Waals surface area contributed by atoms with Gasteiger partial charge in [-0.3, -0.25) is 0 Å². The first-order valence-electron chi connectivity index (χ1n) is 4.14. The summed E-state index contributed by atoms with van der Waals surface area (Å²) in [7, 11) is 0. The molecule has 1 aromatic rings. The summed E-state index contributed by atoms with van der Waals surface area (Å²) in [5.74, 6) is -1.27. The van der Waals surface area contributed by atoms with Crippen molar-refractivity contribution in [2.45, 2.75) is 12.2 Å². The maximum Gasteiger partial charge on any atom is 0.128 e. The summed E-state index contributed by atoms with van der Waals surface area (Å²) < 4.78 is 0. The number of phenols is 3. The maximum absolute atomic E-state index is 9.56. The van der Waals surface area contributed by atoms with E-state index < -0.39 is 23.7 Å². The lowest BCUT2D eigenvalue weighted by Crippen LogP contribution is -2.19. The van der Waals surface area contributed by atoms with Gasteiger partial charge in [-0.15, -0.1) is 0 Å². The monoisotopic (exact) mass is 278 g/mol. The Balaban J connectivity index is 3.13. The maximum atomic E-state index is 9.56. The molecule has 84 valence electrons. The molecule has 0 aliphatic carbocycles. The van der Waals surface area contributed by atoms with E-state index in [4.69, 9.17) is 5.11 Å². The Morgan fingerprint density at radius 2 is 1.53 bits per heavy atom. The number of phenolic OH excluding ortho intramolecular Hbond substituents is 3. The Morgan fingerprint density at radius 1 is 1.07 bits per heavy atom. The van der Waals surface area contributed by atoms with Gasteiger partial charge < -0.3 is 25.5 Å². The van der Waals surface area contributed by atoms with Crippen LogP contribution in [0.1, 0.15) is 11.7 Å². The molecule has 2 unspecified atom stereocenters. The number of alkyl halides is 1. The van der Waals surface area contributed by atoms with Crippen LogP contribution in [0.15, 0.2) is 12.1 Å². The van der Waals surface area contributed by atoms with Crippen molar-refractivity contribution in [2.75, 3.05) is 5.33 Å². The Bertz CT molecular complexity index is 331. The van der Waals surface area contributed by atoms with Gasteiger partial charge in [0.2, 0.25) is 0 Å². The minimum absolute atomic E-state index is 0.0912. The van der Waals surface area contributed by atoms with Crippen LogP contribution in [-0.4, -0.2) is 37.0 Å². The highest BCUT2D eigenvalue weighted by atomic mass is 79.9. The third-order valence-electron chi connectivity index (χ3n) is 1.94. The van der Waals surface area contributed by atoms with Crippen molar-refractivity contribution in [1.29, 1.82) is 0 Å². The number of aliphatic hydroxyl groups excluding tert-OH is 2. The summed E-state index contributed by atoms with van der Waals surface area (Å²) in [6, 6.07) is 1.94. The molecule has 5 N–H and O–H groups in total. The normalized spacial score (nSPS) is 14.9. The first kappa shape index (κ1) is 12.1. The van der Waals surface area contributed by atoms with Crippen LogP contribution in [-0.2, 0) is 0 Å². The fourth-order valence-corrected chi connectivity index (χ4v) is 1.54. The second kappa shape index (κ2) is 4.69. The molecule has 0 heterocycles. The SMILES string of the molecule is Oc1cc(O)c(C(O)C(O)CBr)c(O)c1. The average molecular weight is 279 g/mol. The van der Waals surface area contributed by atoms with E-state index in [9.17, 15) is 20.4 Å². The summed E-state index contributed by atoms with van der Waals surface area (Å²) in [6.45, 7) is 0. The number of hydrogen-bond acceptors (Lipinski definition) is 5. The van der Waals surface area contributed by atoms with Gasteiger partial charge in [0.1, 0.15) is 23.4 Å². The predicted molar refractivity (Wildman–Crippen MR) is 56.2 cm³/mol. The average Bonchev–Trinajstić information content (AvgIpc) is 2.14. The largest absolute Gasteiger partial charge is 0.508 e. The molecule has 5 nitrogen and oxygen atoms in total. The second-order valence-electron chi connectivity index (χ2n) is 3.06. The zero-order valence-corrected chi connectivity index (χ0v) is 9.22. The van der Waals surface area contributed by atoms with Crippen LogP contribution in [0.3, 0.4) is 0 Å². The van der Waals surface area contributed by atoms with Crippen LogP contribution >= 0.6 is 15.9 Å². The third-order valence-corrected chi connectivity index (χ3v) is 2.60. The lowest BCUT2D eigenvalue weighted by atomic mass is 10.0. The van der Waals surface area contributed by atoms with Gasteiger partial charge in [-0.25, -0.2) is 0 Å². The van der Waals surface area contributed by atoms with Crippen LogP contribution < -0.4 is 0 Å². The van der Waals surface area contributed by atoms with Crippen molar-refractivity contribution in [3.63, 3.8) is 0 Å². The number of benzene rings is 1. The van der Waals surface area contributed by atoms with Crippen molar-refractivity contribution < 1.29 is 25.5 Å². The molecule has 0 fully saturated rings. The highest BCUT2D eigenvalue weighted by Crippen LogP contribution is 2.37. The van der Waals surface area contributed by atoms with Gasteiger partial charge in [0.25, 0.3) is 0 Å². The minimum Gasteiger partial charge on any atom is -0.508 e. The quantitative estimate of drug-likeness (QED) is 0.521. The lowest BCUT2D eigenvalue weighted by Gasteiger charge is -2.18. The zero-order valence-electron chi connectivity index (χ0n) is 7.63. The number of aliphatic hydroxyl groups is 2. The molecule has 15 heavy (non-hydrogen) atoms. The summed E-state index contributed by atoms with van der Waals surface area (Å²) in [5.41, 5.74) is -0.209. The highest BCUT2D eigenvalue weighted by Gasteiger charge is 2.24.